The molecule has 0 bridgehead atoms. The summed E-state index contributed by atoms with van der Waals surface area (Å²) in [7, 11) is 3.45. The van der Waals surface area contributed by atoms with Crippen molar-refractivity contribution >= 4 is 35.0 Å². The fourth-order valence-corrected chi connectivity index (χ4v) is 5.66. The zero-order chi connectivity index (χ0) is 27.6. The second-order valence-corrected chi connectivity index (χ2v) is 12.0. The minimum Gasteiger partial charge on any atom is -0.444 e. The summed E-state index contributed by atoms with van der Waals surface area (Å²) in [5.41, 5.74) is 1.74. The average molecular weight is 544 g/mol. The van der Waals surface area contributed by atoms with Crippen molar-refractivity contribution < 1.29 is 18.7 Å². The first-order chi connectivity index (χ1) is 17.9. The number of halogens is 2. The van der Waals surface area contributed by atoms with Crippen LogP contribution in [0, 0.1) is 11.7 Å². The molecule has 2 aliphatic rings. The van der Waals surface area contributed by atoms with Crippen molar-refractivity contribution in [1.82, 2.24) is 4.90 Å². The molecule has 1 aliphatic carbocycles. The van der Waals surface area contributed by atoms with Gasteiger partial charge in [0.2, 0.25) is 5.91 Å². The number of hydrogen-bond acceptors (Lipinski definition) is 4. The minimum atomic E-state index is -0.564. The van der Waals surface area contributed by atoms with Gasteiger partial charge in [0.05, 0.1) is 11.7 Å². The van der Waals surface area contributed by atoms with Gasteiger partial charge in [0.15, 0.2) is 0 Å². The molecule has 206 valence electrons. The first kappa shape index (κ1) is 28.2. The van der Waals surface area contributed by atoms with Crippen molar-refractivity contribution in [2.75, 3.05) is 37.0 Å². The third-order valence-corrected chi connectivity index (χ3v) is 8.05. The van der Waals surface area contributed by atoms with Gasteiger partial charge >= 0.3 is 6.09 Å². The molecule has 0 N–H and O–H groups in total. The van der Waals surface area contributed by atoms with E-state index in [-0.39, 0.29) is 29.8 Å². The number of hydrogen-bond donors (Lipinski definition) is 0. The van der Waals surface area contributed by atoms with E-state index in [9.17, 15) is 9.59 Å². The summed E-state index contributed by atoms with van der Waals surface area (Å²) in [4.78, 5) is 30.8. The van der Waals surface area contributed by atoms with Gasteiger partial charge in [-0.1, -0.05) is 23.7 Å². The van der Waals surface area contributed by atoms with Crippen LogP contribution in [0.3, 0.4) is 0 Å². The highest BCUT2D eigenvalue weighted by molar-refractivity contribution is 6.30. The molecule has 1 heterocycles. The summed E-state index contributed by atoms with van der Waals surface area (Å²) >= 11 is 6.02. The van der Waals surface area contributed by atoms with Crippen LogP contribution in [0.15, 0.2) is 42.5 Å². The lowest BCUT2D eigenvalue weighted by Gasteiger charge is -2.31. The van der Waals surface area contributed by atoms with Crippen LogP contribution in [-0.2, 0) is 9.53 Å². The van der Waals surface area contributed by atoms with Gasteiger partial charge in [0, 0.05) is 43.8 Å². The smallest absolute Gasteiger partial charge is 0.410 e. The number of benzene rings is 2. The van der Waals surface area contributed by atoms with Crippen LogP contribution in [0.5, 0.6) is 0 Å². The van der Waals surface area contributed by atoms with Crippen LogP contribution in [0.25, 0.3) is 0 Å². The maximum atomic E-state index is 15.3. The lowest BCUT2D eigenvalue weighted by atomic mass is 9.78. The van der Waals surface area contributed by atoms with E-state index in [0.717, 1.165) is 37.1 Å². The summed E-state index contributed by atoms with van der Waals surface area (Å²) in [5.74, 6) is 0.0483. The molecule has 1 aliphatic heterocycles. The first-order valence-electron chi connectivity index (χ1n) is 13.5. The van der Waals surface area contributed by atoms with Crippen LogP contribution in [0.4, 0.5) is 20.6 Å². The van der Waals surface area contributed by atoms with Gasteiger partial charge in [-0.25, -0.2) is 9.18 Å². The summed E-state index contributed by atoms with van der Waals surface area (Å²) in [6.45, 7) is 6.68. The SMILES string of the molecule is CN(C(=O)C1CCC(c2ccc(Cl)cc2)CC1)c1ccc(N2CCC(N(C)C(=O)OC(C)(C)C)C2)c(F)c1. The molecule has 2 fully saturated rings. The predicted octanol–water partition coefficient (Wildman–Crippen LogP) is 6.86. The average Bonchev–Trinajstić information content (AvgIpc) is 3.37. The maximum absolute atomic E-state index is 15.3. The van der Waals surface area contributed by atoms with Crippen molar-refractivity contribution in [2.24, 2.45) is 5.92 Å². The van der Waals surface area contributed by atoms with E-state index in [1.807, 2.05) is 37.8 Å². The van der Waals surface area contributed by atoms with Gasteiger partial charge < -0.3 is 19.4 Å². The van der Waals surface area contributed by atoms with E-state index in [4.69, 9.17) is 16.3 Å². The molecule has 1 atom stereocenters. The van der Waals surface area contributed by atoms with Gasteiger partial charge in [0.1, 0.15) is 11.4 Å². The van der Waals surface area contributed by atoms with E-state index in [2.05, 4.69) is 12.1 Å². The van der Waals surface area contributed by atoms with Crippen molar-refractivity contribution in [3.63, 3.8) is 0 Å². The fourth-order valence-electron chi connectivity index (χ4n) is 5.53. The number of likely N-dealkylation sites (N-methyl/N-ethyl adjacent to an activating group) is 1. The second kappa shape index (κ2) is 11.5. The van der Waals surface area contributed by atoms with Crippen molar-refractivity contribution in [2.45, 2.75) is 70.4 Å². The highest BCUT2D eigenvalue weighted by atomic mass is 35.5. The summed E-state index contributed by atoms with van der Waals surface area (Å²) in [6, 6.07) is 12.9. The van der Waals surface area contributed by atoms with Crippen LogP contribution >= 0.6 is 11.6 Å². The minimum absolute atomic E-state index is 0.0342. The highest BCUT2D eigenvalue weighted by Crippen LogP contribution is 2.37. The molecule has 4 rings (SSSR count). The molecule has 1 unspecified atom stereocenters. The molecule has 0 radical (unpaired) electrons. The van der Waals surface area contributed by atoms with Gasteiger partial charge in [-0.05, 0) is 94.7 Å². The molecule has 1 saturated heterocycles. The Bertz CT molecular complexity index is 1140. The first-order valence-corrected chi connectivity index (χ1v) is 13.8. The predicted molar refractivity (Wildman–Crippen MR) is 151 cm³/mol. The third kappa shape index (κ3) is 6.60. The van der Waals surface area contributed by atoms with Crippen LogP contribution < -0.4 is 9.80 Å². The van der Waals surface area contributed by atoms with Gasteiger partial charge in [-0.2, -0.15) is 0 Å². The zero-order valence-electron chi connectivity index (χ0n) is 23.0. The van der Waals surface area contributed by atoms with Crippen molar-refractivity contribution in [3.05, 3.63) is 58.9 Å². The Kier molecular flexibility index (Phi) is 8.55. The third-order valence-electron chi connectivity index (χ3n) is 7.80. The van der Waals surface area contributed by atoms with E-state index >= 15 is 4.39 Å². The molecule has 2 amide bonds. The maximum Gasteiger partial charge on any atom is 0.410 e. The Balaban J connectivity index is 1.34. The van der Waals surface area contributed by atoms with E-state index in [0.29, 0.717) is 30.4 Å². The Morgan fingerprint density at radius 2 is 1.66 bits per heavy atom. The standard InChI is InChI=1S/C30H39ClFN3O3/c1-30(2,3)38-29(37)34(5)25-16-17-35(19-25)27-15-14-24(18-26(27)32)33(4)28(36)22-8-6-20(7-9-22)21-10-12-23(31)13-11-21/h10-15,18,20,22,25H,6-9,16-17,19H2,1-5H3. The highest BCUT2D eigenvalue weighted by Gasteiger charge is 2.33. The lowest BCUT2D eigenvalue weighted by Crippen LogP contribution is -2.42. The molecule has 8 heteroatoms. The van der Waals surface area contributed by atoms with E-state index in [1.165, 1.54) is 11.6 Å². The largest absolute Gasteiger partial charge is 0.444 e. The molecular formula is C30H39ClFN3O3. The van der Waals surface area contributed by atoms with Crippen LogP contribution in [0.1, 0.15) is 64.4 Å². The topological polar surface area (TPSA) is 53.1 Å². The van der Waals surface area contributed by atoms with E-state index in [1.54, 1.807) is 36.0 Å². The number of carbonyl (C=O) groups is 2. The Morgan fingerprint density at radius 3 is 2.26 bits per heavy atom. The van der Waals surface area contributed by atoms with Crippen LogP contribution in [-0.4, -0.2) is 55.7 Å². The number of rotatable bonds is 5. The number of amides is 2. The zero-order valence-corrected chi connectivity index (χ0v) is 23.8. The molecular weight excluding hydrogens is 505 g/mol. The summed E-state index contributed by atoms with van der Waals surface area (Å²) in [6.07, 6.45) is 3.89. The Morgan fingerprint density at radius 1 is 1.00 bits per heavy atom. The Labute approximate surface area is 230 Å². The molecule has 1 saturated carbocycles. The quantitative estimate of drug-likeness (QED) is 0.413. The normalized spacial score (nSPS) is 21.8. The van der Waals surface area contributed by atoms with Crippen LogP contribution in [0.2, 0.25) is 5.02 Å². The van der Waals surface area contributed by atoms with Gasteiger partial charge in [-0.3, -0.25) is 4.79 Å². The van der Waals surface area contributed by atoms with Gasteiger partial charge in [0.25, 0.3) is 0 Å². The van der Waals surface area contributed by atoms with Crippen molar-refractivity contribution in [3.8, 4) is 0 Å². The number of ether oxygens (including phenoxy) is 1. The Hall–Kier alpha value is -2.80. The van der Waals surface area contributed by atoms with E-state index < -0.39 is 5.60 Å². The number of nitrogens with zero attached hydrogens (tertiary/aromatic N) is 3. The molecule has 0 spiro atoms. The fraction of sp³-hybridized carbons (Fsp3) is 0.533. The molecule has 2 aromatic rings. The number of carbonyl (C=O) groups excluding carboxylic acids is 2. The second-order valence-electron chi connectivity index (χ2n) is 11.6. The number of anilines is 2. The van der Waals surface area contributed by atoms with Gasteiger partial charge in [-0.15, -0.1) is 0 Å². The molecule has 38 heavy (non-hydrogen) atoms. The molecule has 0 aromatic heterocycles. The molecule has 2 aromatic carbocycles. The summed E-state index contributed by atoms with van der Waals surface area (Å²) < 4.78 is 20.7. The lowest BCUT2D eigenvalue weighted by molar-refractivity contribution is -0.123. The monoisotopic (exact) mass is 543 g/mol. The summed E-state index contributed by atoms with van der Waals surface area (Å²) in [5, 5.41) is 0.732. The molecule has 6 nitrogen and oxygen atoms in total. The van der Waals surface area contributed by atoms with Crippen molar-refractivity contribution in [1.29, 1.82) is 0 Å².